The monoisotopic (exact) mass is 703 g/mol. The minimum atomic E-state index is -2.81. The second-order valence-electron chi connectivity index (χ2n) is 19.3. The van der Waals surface area contributed by atoms with Gasteiger partial charge in [0.2, 0.25) is 0 Å². The lowest BCUT2D eigenvalue weighted by molar-refractivity contribution is -0.219. The number of allylic oxidation sites excluding steroid dienone is 3. The number of esters is 1. The first-order chi connectivity index (χ1) is 23.5. The summed E-state index contributed by atoms with van der Waals surface area (Å²) in [4.78, 5) is 12.1. The van der Waals surface area contributed by atoms with E-state index in [-0.39, 0.29) is 22.3 Å². The Kier molecular flexibility index (Phi) is 9.18. The molecule has 1 heterocycles. The number of nitrogens with one attached hydrogen (secondary N) is 1. The molecule has 1 aliphatic heterocycles. The molecule has 5 aliphatic carbocycles. The number of fused-ring (bicyclic) bond motifs is 7. The third-order valence-electron chi connectivity index (χ3n) is 16.9. The van der Waals surface area contributed by atoms with Gasteiger partial charge in [0.15, 0.2) is 9.84 Å². The highest BCUT2D eigenvalue weighted by molar-refractivity contribution is 7.91. The smallest absolute Gasteiger partial charge is 0.337 e. The number of methoxy groups -OCH3 is 1. The zero-order valence-electron chi connectivity index (χ0n) is 32.2. The molecule has 0 spiro atoms. The lowest BCUT2D eigenvalue weighted by Gasteiger charge is -2.72. The highest BCUT2D eigenvalue weighted by atomic mass is 32.2. The van der Waals surface area contributed by atoms with Gasteiger partial charge >= 0.3 is 5.97 Å². The average molecular weight is 704 g/mol. The fourth-order valence-corrected chi connectivity index (χ4v) is 16.2. The summed E-state index contributed by atoms with van der Waals surface area (Å²) in [5.41, 5.74) is 5.76. The number of rotatable bonds is 8. The molecule has 276 valence electrons. The number of carbonyl (C=O) groups excluding carboxylic acids is 1. The molecule has 0 bridgehead atoms. The first-order valence-electron chi connectivity index (χ1n) is 20.0. The fraction of sp³-hybridized carbons (Fsp3) is 0.750. The molecular weight excluding hydrogens is 639 g/mol. The van der Waals surface area contributed by atoms with Crippen molar-refractivity contribution in [2.24, 2.45) is 57.2 Å². The van der Waals surface area contributed by atoms with Crippen molar-refractivity contribution in [3.63, 3.8) is 0 Å². The van der Waals surface area contributed by atoms with E-state index in [1.807, 2.05) is 12.1 Å². The lowest BCUT2D eigenvalue weighted by Crippen LogP contribution is -2.68. The van der Waals surface area contributed by atoms with E-state index in [4.69, 9.17) is 4.74 Å². The SMILES string of the molecule is C=C(C)[C@@H]1CC[C@]2(NCCCC3CCS(=O)(=O)C3)CC[C@]3(C)[C@H](CC[C@@H]4[C@@]5(C)CC=C(c6ccc(C(=O)OC)cc6)C(C)(C)[C@@H]5CC[C@]43C)[C@@H]12. The summed E-state index contributed by atoms with van der Waals surface area (Å²) in [7, 11) is -1.36. The third kappa shape index (κ3) is 5.53. The van der Waals surface area contributed by atoms with E-state index in [0.717, 1.165) is 32.2 Å². The summed E-state index contributed by atoms with van der Waals surface area (Å²) in [5, 5.41) is 4.23. The Morgan fingerprint density at radius 2 is 1.66 bits per heavy atom. The van der Waals surface area contributed by atoms with E-state index in [1.54, 1.807) is 0 Å². The largest absolute Gasteiger partial charge is 0.465 e. The van der Waals surface area contributed by atoms with Gasteiger partial charge in [-0.3, -0.25) is 0 Å². The van der Waals surface area contributed by atoms with Gasteiger partial charge in [0.1, 0.15) is 0 Å². The van der Waals surface area contributed by atoms with Crippen molar-refractivity contribution in [3.05, 3.63) is 53.6 Å². The van der Waals surface area contributed by atoms with Gasteiger partial charge in [0.05, 0.1) is 24.2 Å². The number of sulfone groups is 1. The predicted octanol–water partition coefficient (Wildman–Crippen LogP) is 9.68. The molecule has 1 unspecified atom stereocenters. The maximum Gasteiger partial charge on any atom is 0.337 e. The van der Waals surface area contributed by atoms with E-state index in [1.165, 1.54) is 75.2 Å². The van der Waals surface area contributed by atoms with Crippen molar-refractivity contribution in [2.75, 3.05) is 25.2 Å². The Morgan fingerprint density at radius 1 is 0.920 bits per heavy atom. The number of carbonyl (C=O) groups is 1. The Hall–Kier alpha value is -1.92. The molecule has 1 aromatic rings. The predicted molar refractivity (Wildman–Crippen MR) is 204 cm³/mol. The quantitative estimate of drug-likeness (QED) is 0.166. The molecule has 50 heavy (non-hydrogen) atoms. The van der Waals surface area contributed by atoms with Crippen molar-refractivity contribution >= 4 is 21.4 Å². The Bertz CT molecular complexity index is 1640. The molecular formula is C44H65NO4S. The molecule has 4 saturated carbocycles. The number of hydrogen-bond donors (Lipinski definition) is 1. The van der Waals surface area contributed by atoms with Gasteiger partial charge in [-0.15, -0.1) is 0 Å². The van der Waals surface area contributed by atoms with E-state index in [9.17, 15) is 13.2 Å². The fourth-order valence-electron chi connectivity index (χ4n) is 14.3. The molecule has 0 aromatic heterocycles. The van der Waals surface area contributed by atoms with Gasteiger partial charge in [-0.25, -0.2) is 13.2 Å². The first-order valence-corrected chi connectivity index (χ1v) is 21.8. The van der Waals surface area contributed by atoms with Gasteiger partial charge in [0.25, 0.3) is 0 Å². The van der Waals surface area contributed by atoms with Gasteiger partial charge in [0, 0.05) is 5.54 Å². The minimum Gasteiger partial charge on any atom is -0.465 e. The van der Waals surface area contributed by atoms with Crippen molar-refractivity contribution in [1.82, 2.24) is 5.32 Å². The molecule has 1 aromatic carbocycles. The molecule has 5 fully saturated rings. The third-order valence-corrected chi connectivity index (χ3v) is 18.7. The summed E-state index contributed by atoms with van der Waals surface area (Å²) >= 11 is 0. The average Bonchev–Trinajstić information content (AvgIpc) is 3.62. The van der Waals surface area contributed by atoms with Gasteiger partial charge in [-0.05, 0) is 171 Å². The van der Waals surface area contributed by atoms with Crippen LogP contribution in [0, 0.1) is 57.2 Å². The van der Waals surface area contributed by atoms with Crippen LogP contribution >= 0.6 is 0 Å². The Labute approximate surface area is 303 Å². The number of ether oxygens (including phenoxy) is 1. The second kappa shape index (κ2) is 12.6. The summed E-state index contributed by atoms with van der Waals surface area (Å²) in [6.07, 6.45) is 16.9. The van der Waals surface area contributed by atoms with E-state index in [2.05, 4.69) is 71.6 Å². The second-order valence-corrected chi connectivity index (χ2v) is 21.5. The summed E-state index contributed by atoms with van der Waals surface area (Å²) in [5.74, 6) is 4.09. The summed E-state index contributed by atoms with van der Waals surface area (Å²) in [6.45, 7) is 21.0. The molecule has 0 amide bonds. The molecule has 6 aliphatic rings. The molecule has 10 atom stereocenters. The topological polar surface area (TPSA) is 72.5 Å². The maximum absolute atomic E-state index is 12.1. The lowest BCUT2D eigenvalue weighted by atomic mass is 9.33. The van der Waals surface area contributed by atoms with Crippen LogP contribution in [-0.4, -0.2) is 45.1 Å². The van der Waals surface area contributed by atoms with E-state index >= 15 is 0 Å². The summed E-state index contributed by atoms with van der Waals surface area (Å²) < 4.78 is 29.1. The van der Waals surface area contributed by atoms with E-state index in [0.29, 0.717) is 63.4 Å². The van der Waals surface area contributed by atoms with Crippen LogP contribution in [-0.2, 0) is 14.6 Å². The van der Waals surface area contributed by atoms with E-state index < -0.39 is 9.84 Å². The van der Waals surface area contributed by atoms with Gasteiger partial charge in [-0.2, -0.15) is 0 Å². The van der Waals surface area contributed by atoms with Crippen LogP contribution in [0.15, 0.2) is 42.5 Å². The van der Waals surface area contributed by atoms with Gasteiger partial charge < -0.3 is 10.1 Å². The van der Waals surface area contributed by atoms with Gasteiger partial charge in [-0.1, -0.05) is 65.0 Å². The molecule has 5 nitrogen and oxygen atoms in total. The van der Waals surface area contributed by atoms with Crippen LogP contribution in [0.5, 0.6) is 0 Å². The van der Waals surface area contributed by atoms with Crippen LogP contribution in [0.3, 0.4) is 0 Å². The first kappa shape index (κ1) is 36.4. The summed E-state index contributed by atoms with van der Waals surface area (Å²) in [6, 6.07) is 8.10. The number of benzene rings is 1. The van der Waals surface area contributed by atoms with Crippen LogP contribution in [0.1, 0.15) is 135 Å². The van der Waals surface area contributed by atoms with Crippen LogP contribution < -0.4 is 5.32 Å². The zero-order valence-corrected chi connectivity index (χ0v) is 33.0. The molecule has 6 heteroatoms. The Morgan fingerprint density at radius 3 is 2.32 bits per heavy atom. The highest BCUT2D eigenvalue weighted by Gasteiger charge is 2.70. The van der Waals surface area contributed by atoms with Crippen molar-refractivity contribution in [1.29, 1.82) is 0 Å². The zero-order chi connectivity index (χ0) is 35.9. The molecule has 1 saturated heterocycles. The van der Waals surface area contributed by atoms with Crippen molar-refractivity contribution < 1.29 is 17.9 Å². The van der Waals surface area contributed by atoms with Crippen LogP contribution in [0.2, 0.25) is 0 Å². The highest BCUT2D eigenvalue weighted by Crippen LogP contribution is 2.76. The molecule has 7 rings (SSSR count). The minimum absolute atomic E-state index is 0.0453. The van der Waals surface area contributed by atoms with Crippen molar-refractivity contribution in [2.45, 2.75) is 124 Å². The van der Waals surface area contributed by atoms with Crippen molar-refractivity contribution in [3.8, 4) is 0 Å². The molecule has 0 radical (unpaired) electrons. The normalized spacial score (nSPS) is 42.7. The Balaban J connectivity index is 1.13. The maximum atomic E-state index is 12.1. The van der Waals surface area contributed by atoms with Crippen LogP contribution in [0.4, 0.5) is 0 Å². The standard InChI is InChI=1S/C44H65NO4S/c1-29(2)33-17-23-44(45-26-9-10-30-20-27-50(47,48)28-30)25-24-42(6)35(38(33)44)15-16-37-41(5)21-18-34(31-11-13-32(14-12-31)39(46)49-8)40(3,4)36(41)19-22-43(37,42)7/h11-14,18,30,33,35-38,45H,1,9-10,15-17,19-28H2,2-8H3/t30?,33-,35+,36-,37+,38+,41-,42+,43+,44-/m0/s1. The number of hydrogen-bond acceptors (Lipinski definition) is 5. The molecule has 1 N–H and O–H groups in total. The van der Waals surface area contributed by atoms with Crippen LogP contribution in [0.25, 0.3) is 5.57 Å².